The third kappa shape index (κ3) is 3.24. The summed E-state index contributed by atoms with van der Waals surface area (Å²) in [5, 5.41) is 3.49. The van der Waals surface area contributed by atoms with E-state index >= 15 is 0 Å². The van der Waals surface area contributed by atoms with Gasteiger partial charge in [-0.1, -0.05) is 24.3 Å². The summed E-state index contributed by atoms with van der Waals surface area (Å²) in [4.78, 5) is 7.14. The van der Waals surface area contributed by atoms with Gasteiger partial charge in [0.05, 0.1) is 5.69 Å². The fourth-order valence-corrected chi connectivity index (χ4v) is 2.65. The van der Waals surface area contributed by atoms with Crippen LogP contribution in [0, 0.1) is 0 Å². The maximum atomic E-state index is 4.82. The van der Waals surface area contributed by atoms with Crippen molar-refractivity contribution in [3.05, 3.63) is 53.7 Å². The molecule has 21 heavy (non-hydrogen) atoms. The molecule has 1 aliphatic rings. The number of fused-ring (bicyclic) bond motifs is 1. The molecular weight excluding hydrogens is 258 g/mol. The number of para-hydroxylation sites is 1. The van der Waals surface area contributed by atoms with E-state index in [0.717, 1.165) is 31.0 Å². The summed E-state index contributed by atoms with van der Waals surface area (Å²) in [6.07, 6.45) is 1.10. The third-order valence-electron chi connectivity index (χ3n) is 3.76. The number of anilines is 2. The summed E-state index contributed by atoms with van der Waals surface area (Å²) < 4.78 is 0. The summed E-state index contributed by atoms with van der Waals surface area (Å²) in [6.45, 7) is 8.34. The lowest BCUT2D eigenvalue weighted by molar-refractivity contribution is 0.421. The Morgan fingerprint density at radius 3 is 2.71 bits per heavy atom. The molecule has 1 aromatic heterocycles. The zero-order valence-corrected chi connectivity index (χ0v) is 13.1. The van der Waals surface area contributed by atoms with E-state index < -0.39 is 0 Å². The second kappa shape index (κ2) is 5.49. The van der Waals surface area contributed by atoms with Crippen LogP contribution in [0.4, 0.5) is 11.5 Å². The second-order valence-electron chi connectivity index (χ2n) is 6.62. The monoisotopic (exact) mass is 281 g/mol. The summed E-state index contributed by atoms with van der Waals surface area (Å²) >= 11 is 0. The molecule has 0 aliphatic carbocycles. The molecule has 0 saturated carbocycles. The molecule has 3 heteroatoms. The van der Waals surface area contributed by atoms with Crippen molar-refractivity contribution in [3.8, 4) is 0 Å². The summed E-state index contributed by atoms with van der Waals surface area (Å²) in [6, 6.07) is 14.9. The maximum absolute atomic E-state index is 4.82. The molecule has 110 valence electrons. The van der Waals surface area contributed by atoms with Gasteiger partial charge >= 0.3 is 0 Å². The van der Waals surface area contributed by atoms with Gasteiger partial charge in [0.1, 0.15) is 5.82 Å². The Balaban J connectivity index is 1.81. The molecule has 0 amide bonds. The summed E-state index contributed by atoms with van der Waals surface area (Å²) in [5.41, 5.74) is 3.91. The van der Waals surface area contributed by atoms with Crippen LogP contribution in [-0.2, 0) is 13.0 Å². The first-order valence-electron chi connectivity index (χ1n) is 7.59. The predicted molar refractivity (Wildman–Crippen MR) is 88.0 cm³/mol. The van der Waals surface area contributed by atoms with Crippen molar-refractivity contribution in [1.29, 1.82) is 0 Å². The van der Waals surface area contributed by atoms with E-state index in [0.29, 0.717) is 0 Å². The highest BCUT2D eigenvalue weighted by Gasteiger charge is 2.20. The molecular formula is C18H23N3. The quantitative estimate of drug-likeness (QED) is 0.930. The van der Waals surface area contributed by atoms with Gasteiger partial charge in [-0.2, -0.15) is 0 Å². The van der Waals surface area contributed by atoms with E-state index in [1.807, 2.05) is 0 Å². The van der Waals surface area contributed by atoms with E-state index in [1.165, 1.54) is 11.3 Å². The predicted octanol–water partition coefficient (Wildman–Crippen LogP) is 3.66. The van der Waals surface area contributed by atoms with Crippen LogP contribution in [0.3, 0.4) is 0 Å². The summed E-state index contributed by atoms with van der Waals surface area (Å²) in [7, 11) is 0. The first-order valence-corrected chi connectivity index (χ1v) is 7.59. The van der Waals surface area contributed by atoms with Gasteiger partial charge in [0.2, 0.25) is 0 Å². The molecule has 0 unspecified atom stereocenters. The fourth-order valence-electron chi connectivity index (χ4n) is 2.65. The molecule has 3 rings (SSSR count). The lowest BCUT2D eigenvalue weighted by atomic mass is 10.1. The van der Waals surface area contributed by atoms with Crippen molar-refractivity contribution in [2.75, 3.05) is 11.4 Å². The van der Waals surface area contributed by atoms with Crippen LogP contribution in [-0.4, -0.2) is 17.1 Å². The van der Waals surface area contributed by atoms with Crippen molar-refractivity contribution in [3.63, 3.8) is 0 Å². The molecule has 1 aliphatic heterocycles. The first-order chi connectivity index (χ1) is 10.0. The highest BCUT2D eigenvalue weighted by atomic mass is 15.2. The molecule has 0 saturated heterocycles. The van der Waals surface area contributed by atoms with Gasteiger partial charge in [-0.25, -0.2) is 4.98 Å². The number of hydrogen-bond donors (Lipinski definition) is 1. The maximum Gasteiger partial charge on any atom is 0.133 e. The van der Waals surface area contributed by atoms with Crippen LogP contribution < -0.4 is 10.2 Å². The van der Waals surface area contributed by atoms with Crippen LogP contribution in [0.2, 0.25) is 0 Å². The lowest BCUT2D eigenvalue weighted by Gasteiger charge is -2.22. The topological polar surface area (TPSA) is 28.2 Å². The number of benzene rings is 1. The number of rotatable bonds is 3. The van der Waals surface area contributed by atoms with Gasteiger partial charge in [-0.15, -0.1) is 0 Å². The number of aromatic nitrogens is 1. The van der Waals surface area contributed by atoms with E-state index in [4.69, 9.17) is 4.98 Å². The average molecular weight is 281 g/mol. The van der Waals surface area contributed by atoms with Crippen molar-refractivity contribution in [2.24, 2.45) is 0 Å². The zero-order valence-electron chi connectivity index (χ0n) is 13.1. The number of nitrogens with zero attached hydrogens (tertiary/aromatic N) is 2. The van der Waals surface area contributed by atoms with E-state index in [2.05, 4.69) is 73.5 Å². The van der Waals surface area contributed by atoms with E-state index in [9.17, 15) is 0 Å². The standard InChI is InChI=1S/C18H23N3/c1-18(2,3)19-13-15-8-6-10-17(20-15)21-12-11-14-7-4-5-9-16(14)21/h4-10,19H,11-13H2,1-3H3. The highest BCUT2D eigenvalue weighted by molar-refractivity contribution is 5.67. The molecule has 2 heterocycles. The number of nitrogens with one attached hydrogen (secondary N) is 1. The smallest absolute Gasteiger partial charge is 0.133 e. The summed E-state index contributed by atoms with van der Waals surface area (Å²) in [5.74, 6) is 1.05. The Kier molecular flexibility index (Phi) is 3.68. The molecule has 0 spiro atoms. The molecule has 0 radical (unpaired) electrons. The van der Waals surface area contributed by atoms with Gasteiger partial charge in [0.15, 0.2) is 0 Å². The van der Waals surface area contributed by atoms with Crippen molar-refractivity contribution in [2.45, 2.75) is 39.3 Å². The highest BCUT2D eigenvalue weighted by Crippen LogP contribution is 2.33. The fraction of sp³-hybridized carbons (Fsp3) is 0.389. The Labute approximate surface area is 127 Å². The average Bonchev–Trinajstić information content (AvgIpc) is 2.89. The minimum atomic E-state index is 0.109. The molecule has 3 nitrogen and oxygen atoms in total. The van der Waals surface area contributed by atoms with E-state index in [1.54, 1.807) is 0 Å². The molecule has 0 fully saturated rings. The van der Waals surface area contributed by atoms with Gasteiger partial charge in [-0.3, -0.25) is 0 Å². The van der Waals surface area contributed by atoms with Gasteiger partial charge < -0.3 is 10.2 Å². The van der Waals surface area contributed by atoms with Crippen molar-refractivity contribution < 1.29 is 0 Å². The molecule has 0 bridgehead atoms. The largest absolute Gasteiger partial charge is 0.326 e. The minimum Gasteiger partial charge on any atom is -0.326 e. The molecule has 1 aromatic carbocycles. The Morgan fingerprint density at radius 1 is 1.10 bits per heavy atom. The van der Waals surface area contributed by atoms with Gasteiger partial charge in [0.25, 0.3) is 0 Å². The van der Waals surface area contributed by atoms with Crippen LogP contribution in [0.15, 0.2) is 42.5 Å². The third-order valence-corrected chi connectivity index (χ3v) is 3.76. The number of hydrogen-bond acceptors (Lipinski definition) is 3. The zero-order chi connectivity index (χ0) is 14.9. The number of pyridine rings is 1. The Bertz CT molecular complexity index is 628. The Morgan fingerprint density at radius 2 is 1.90 bits per heavy atom. The van der Waals surface area contributed by atoms with E-state index in [-0.39, 0.29) is 5.54 Å². The van der Waals surface area contributed by atoms with Crippen LogP contribution >= 0.6 is 0 Å². The second-order valence-corrected chi connectivity index (χ2v) is 6.62. The van der Waals surface area contributed by atoms with Gasteiger partial charge in [-0.05, 0) is 51.0 Å². The van der Waals surface area contributed by atoms with Crippen molar-refractivity contribution >= 4 is 11.5 Å². The normalized spacial score (nSPS) is 14.3. The van der Waals surface area contributed by atoms with Gasteiger partial charge in [0, 0.05) is 24.3 Å². The van der Waals surface area contributed by atoms with Crippen LogP contribution in [0.5, 0.6) is 0 Å². The molecule has 1 N–H and O–H groups in total. The molecule has 0 atom stereocenters. The first kappa shape index (κ1) is 14.1. The molecule has 2 aromatic rings. The lowest BCUT2D eigenvalue weighted by Crippen LogP contribution is -2.35. The van der Waals surface area contributed by atoms with Crippen LogP contribution in [0.25, 0.3) is 0 Å². The van der Waals surface area contributed by atoms with Crippen molar-refractivity contribution in [1.82, 2.24) is 10.3 Å². The minimum absolute atomic E-state index is 0.109. The Hall–Kier alpha value is -1.87. The SMILES string of the molecule is CC(C)(C)NCc1cccc(N2CCc3ccccc32)n1. The van der Waals surface area contributed by atoms with Crippen LogP contribution in [0.1, 0.15) is 32.0 Å².